The molecule has 0 saturated carbocycles. The summed E-state index contributed by atoms with van der Waals surface area (Å²) in [5, 5.41) is 1.68. The van der Waals surface area contributed by atoms with Crippen LogP contribution in [0.4, 0.5) is 0 Å². The highest BCUT2D eigenvalue weighted by Gasteiger charge is 2.28. The van der Waals surface area contributed by atoms with E-state index >= 15 is 0 Å². The van der Waals surface area contributed by atoms with E-state index in [1.165, 1.54) is 0 Å². The van der Waals surface area contributed by atoms with Gasteiger partial charge in [0.05, 0.1) is 22.6 Å². The normalized spacial score (nSPS) is 12.0. The van der Waals surface area contributed by atoms with Crippen LogP contribution in [0.25, 0.3) is 16.6 Å². The molecule has 0 aliphatic rings. The summed E-state index contributed by atoms with van der Waals surface area (Å²) in [7, 11) is 0. The standard InChI is InChI=1S/C30H31Cl2N3O2/c1-4-5-6-9-18-34(29(36)22-12-14-23(31)15-13-22)21(3)28-33-26-11-8-7-10-25(26)30(37)35(28)27-17-16-24(32)19-20(27)2/h7-8,10-17,19,21H,4-6,9,18H2,1-3H3. The summed E-state index contributed by atoms with van der Waals surface area (Å²) in [4.78, 5) is 34.4. The predicted molar refractivity (Wildman–Crippen MR) is 152 cm³/mol. The first kappa shape index (κ1) is 26.9. The first-order valence-corrected chi connectivity index (χ1v) is 13.4. The van der Waals surface area contributed by atoms with Gasteiger partial charge in [-0.15, -0.1) is 0 Å². The fourth-order valence-electron chi connectivity index (χ4n) is 4.61. The molecule has 1 aromatic heterocycles. The van der Waals surface area contributed by atoms with E-state index < -0.39 is 6.04 Å². The summed E-state index contributed by atoms with van der Waals surface area (Å²) in [6.07, 6.45) is 4.07. The topological polar surface area (TPSA) is 55.2 Å². The van der Waals surface area contributed by atoms with Crippen LogP contribution in [0.5, 0.6) is 0 Å². The smallest absolute Gasteiger partial charge is 0.266 e. The molecule has 1 amide bonds. The third-order valence-corrected chi connectivity index (χ3v) is 7.13. The van der Waals surface area contributed by atoms with Crippen LogP contribution < -0.4 is 5.56 Å². The fourth-order valence-corrected chi connectivity index (χ4v) is 4.96. The molecule has 5 nitrogen and oxygen atoms in total. The van der Waals surface area contributed by atoms with E-state index in [9.17, 15) is 9.59 Å². The summed E-state index contributed by atoms with van der Waals surface area (Å²) in [5.74, 6) is 0.384. The molecular weight excluding hydrogens is 505 g/mol. The van der Waals surface area contributed by atoms with Gasteiger partial charge in [0.15, 0.2) is 0 Å². The molecule has 7 heteroatoms. The zero-order valence-corrected chi connectivity index (χ0v) is 22.9. The molecule has 0 aliphatic carbocycles. The largest absolute Gasteiger partial charge is 0.329 e. The lowest BCUT2D eigenvalue weighted by molar-refractivity contribution is 0.0677. The van der Waals surface area contributed by atoms with Gasteiger partial charge in [-0.25, -0.2) is 4.98 Å². The van der Waals surface area contributed by atoms with Crippen molar-refractivity contribution in [3.8, 4) is 5.69 Å². The van der Waals surface area contributed by atoms with Gasteiger partial charge in [-0.2, -0.15) is 0 Å². The maximum atomic E-state index is 13.9. The van der Waals surface area contributed by atoms with Gasteiger partial charge in [0, 0.05) is 22.2 Å². The van der Waals surface area contributed by atoms with Crippen molar-refractivity contribution < 1.29 is 4.79 Å². The van der Waals surface area contributed by atoms with Crippen molar-refractivity contribution in [2.24, 2.45) is 0 Å². The highest BCUT2D eigenvalue weighted by Crippen LogP contribution is 2.27. The average molecular weight is 537 g/mol. The summed E-state index contributed by atoms with van der Waals surface area (Å²) in [5.41, 5.74) is 2.51. The number of aryl methyl sites for hydroxylation is 1. The van der Waals surface area contributed by atoms with E-state index in [1.807, 2.05) is 49.1 Å². The number of para-hydroxylation sites is 1. The van der Waals surface area contributed by atoms with Crippen LogP contribution in [0.3, 0.4) is 0 Å². The van der Waals surface area contributed by atoms with Crippen molar-refractivity contribution >= 4 is 40.0 Å². The molecule has 4 aromatic rings. The van der Waals surface area contributed by atoms with Crippen LogP contribution in [-0.2, 0) is 0 Å². The average Bonchev–Trinajstić information content (AvgIpc) is 2.89. The molecule has 1 atom stereocenters. The second-order valence-electron chi connectivity index (χ2n) is 9.30. The highest BCUT2D eigenvalue weighted by atomic mass is 35.5. The number of carbonyl (C=O) groups is 1. The molecule has 1 unspecified atom stereocenters. The summed E-state index contributed by atoms with van der Waals surface area (Å²) >= 11 is 12.3. The Kier molecular flexibility index (Phi) is 8.67. The Balaban J connectivity index is 1.88. The lowest BCUT2D eigenvalue weighted by Gasteiger charge is -2.31. The molecule has 3 aromatic carbocycles. The molecule has 4 rings (SSSR count). The number of fused-ring (bicyclic) bond motifs is 1. The van der Waals surface area contributed by atoms with Gasteiger partial charge < -0.3 is 4.90 Å². The van der Waals surface area contributed by atoms with Crippen LogP contribution in [-0.4, -0.2) is 26.9 Å². The molecule has 0 N–H and O–H groups in total. The number of benzene rings is 3. The van der Waals surface area contributed by atoms with Crippen LogP contribution in [0.15, 0.2) is 71.5 Å². The van der Waals surface area contributed by atoms with Gasteiger partial charge in [0.1, 0.15) is 5.82 Å². The zero-order chi connectivity index (χ0) is 26.5. The van der Waals surface area contributed by atoms with E-state index in [4.69, 9.17) is 28.2 Å². The summed E-state index contributed by atoms with van der Waals surface area (Å²) in [6.45, 7) is 6.56. The Bertz CT molecular complexity index is 1460. The minimum atomic E-state index is -0.475. The van der Waals surface area contributed by atoms with Crippen molar-refractivity contribution in [3.63, 3.8) is 0 Å². The van der Waals surface area contributed by atoms with Crippen LogP contribution in [0, 0.1) is 6.92 Å². The number of nitrogens with zero attached hydrogens (tertiary/aromatic N) is 3. The van der Waals surface area contributed by atoms with Gasteiger partial charge in [0.25, 0.3) is 11.5 Å². The number of hydrogen-bond donors (Lipinski definition) is 0. The van der Waals surface area contributed by atoms with E-state index in [-0.39, 0.29) is 11.5 Å². The number of hydrogen-bond acceptors (Lipinski definition) is 3. The highest BCUT2D eigenvalue weighted by molar-refractivity contribution is 6.31. The molecule has 0 radical (unpaired) electrons. The minimum absolute atomic E-state index is 0.123. The van der Waals surface area contributed by atoms with Crippen LogP contribution in [0.1, 0.15) is 67.3 Å². The third kappa shape index (κ3) is 5.89. The van der Waals surface area contributed by atoms with Gasteiger partial charge in [-0.05, 0) is 80.4 Å². The van der Waals surface area contributed by atoms with Gasteiger partial charge >= 0.3 is 0 Å². The molecule has 0 spiro atoms. The first-order chi connectivity index (χ1) is 17.8. The zero-order valence-electron chi connectivity index (χ0n) is 21.4. The summed E-state index contributed by atoms with van der Waals surface area (Å²) in [6, 6.07) is 19.2. The number of carbonyl (C=O) groups excluding carboxylic acids is 1. The van der Waals surface area contributed by atoms with Crippen molar-refractivity contribution in [3.05, 3.63) is 104 Å². The molecule has 192 valence electrons. The number of aromatic nitrogens is 2. The summed E-state index contributed by atoms with van der Waals surface area (Å²) < 4.78 is 1.63. The van der Waals surface area contributed by atoms with Gasteiger partial charge in [-0.3, -0.25) is 14.2 Å². The molecule has 1 heterocycles. The molecular formula is C30H31Cl2N3O2. The fraction of sp³-hybridized carbons (Fsp3) is 0.300. The molecule has 0 bridgehead atoms. The van der Waals surface area contributed by atoms with E-state index in [1.54, 1.807) is 41.0 Å². The lowest BCUT2D eigenvalue weighted by Crippen LogP contribution is -2.38. The second kappa shape index (κ2) is 11.9. The monoisotopic (exact) mass is 535 g/mol. The van der Waals surface area contributed by atoms with Gasteiger partial charge in [0.2, 0.25) is 0 Å². The van der Waals surface area contributed by atoms with E-state index in [0.717, 1.165) is 31.2 Å². The maximum absolute atomic E-state index is 13.9. The molecule has 0 saturated heterocycles. The van der Waals surface area contributed by atoms with E-state index in [0.29, 0.717) is 44.6 Å². The maximum Gasteiger partial charge on any atom is 0.266 e. The van der Waals surface area contributed by atoms with Crippen molar-refractivity contribution in [1.82, 2.24) is 14.5 Å². The van der Waals surface area contributed by atoms with Crippen molar-refractivity contribution in [2.75, 3.05) is 6.54 Å². The van der Waals surface area contributed by atoms with Crippen molar-refractivity contribution in [2.45, 2.75) is 52.5 Å². The Labute approximate surface area is 227 Å². The molecule has 0 aliphatic heterocycles. The SMILES string of the molecule is CCCCCCN(C(=O)c1ccc(Cl)cc1)C(C)c1nc2ccccc2c(=O)n1-c1ccc(Cl)cc1C. The Morgan fingerprint density at radius 1 is 0.973 bits per heavy atom. The third-order valence-electron chi connectivity index (χ3n) is 6.65. The lowest BCUT2D eigenvalue weighted by atomic mass is 10.1. The molecule has 37 heavy (non-hydrogen) atoms. The number of unbranched alkanes of at least 4 members (excludes halogenated alkanes) is 3. The van der Waals surface area contributed by atoms with Gasteiger partial charge in [-0.1, -0.05) is 61.5 Å². The molecule has 0 fully saturated rings. The predicted octanol–water partition coefficient (Wildman–Crippen LogP) is 7.78. The Morgan fingerprint density at radius 2 is 1.68 bits per heavy atom. The minimum Gasteiger partial charge on any atom is -0.329 e. The van der Waals surface area contributed by atoms with Crippen LogP contribution in [0.2, 0.25) is 10.0 Å². The first-order valence-electron chi connectivity index (χ1n) is 12.7. The quantitative estimate of drug-likeness (QED) is 0.205. The number of halogens is 2. The number of rotatable bonds is 9. The Hall–Kier alpha value is -3.15. The second-order valence-corrected chi connectivity index (χ2v) is 10.2. The number of amides is 1. The van der Waals surface area contributed by atoms with Crippen molar-refractivity contribution in [1.29, 1.82) is 0 Å². The Morgan fingerprint density at radius 3 is 2.38 bits per heavy atom. The van der Waals surface area contributed by atoms with E-state index in [2.05, 4.69) is 6.92 Å². The van der Waals surface area contributed by atoms with Crippen LogP contribution >= 0.6 is 23.2 Å².